The van der Waals surface area contributed by atoms with Crippen LogP contribution in [0.15, 0.2) is 11.3 Å². The Kier molecular flexibility index (Phi) is 1.44. The van der Waals surface area contributed by atoms with Crippen LogP contribution in [0, 0.1) is 5.92 Å². The molecule has 1 saturated heterocycles. The molecular weight excluding hydrogens is 152 g/mol. The molecule has 2 nitrogen and oxygen atoms in total. The van der Waals surface area contributed by atoms with Crippen LogP contribution in [-0.4, -0.2) is 12.9 Å². The van der Waals surface area contributed by atoms with E-state index in [4.69, 9.17) is 9.47 Å². The highest BCUT2D eigenvalue weighted by molar-refractivity contribution is 5.23. The zero-order valence-corrected chi connectivity index (χ0v) is 7.21. The highest BCUT2D eigenvalue weighted by Crippen LogP contribution is 2.44. The molecule has 2 aliphatic carbocycles. The van der Waals surface area contributed by atoms with E-state index < -0.39 is 0 Å². The number of fused-ring (bicyclic) bond motifs is 2. The molecule has 0 spiro atoms. The van der Waals surface area contributed by atoms with Gasteiger partial charge in [-0.05, 0) is 43.6 Å². The van der Waals surface area contributed by atoms with Gasteiger partial charge in [-0.2, -0.15) is 0 Å². The predicted octanol–water partition coefficient (Wildman–Crippen LogP) is 2.21. The second kappa shape index (κ2) is 2.49. The van der Waals surface area contributed by atoms with Crippen LogP contribution in [0.4, 0.5) is 0 Å². The molecule has 0 aromatic rings. The Hall–Kier alpha value is -0.500. The molecule has 2 atom stereocenters. The van der Waals surface area contributed by atoms with Gasteiger partial charge in [0.2, 0.25) is 0 Å². The van der Waals surface area contributed by atoms with Gasteiger partial charge in [0.25, 0.3) is 0 Å². The molecule has 0 aromatic carbocycles. The van der Waals surface area contributed by atoms with E-state index >= 15 is 0 Å². The van der Waals surface area contributed by atoms with E-state index in [2.05, 4.69) is 0 Å². The Morgan fingerprint density at radius 1 is 1.17 bits per heavy atom. The zero-order chi connectivity index (χ0) is 7.97. The van der Waals surface area contributed by atoms with Gasteiger partial charge >= 0.3 is 0 Å². The third-order valence-electron chi connectivity index (χ3n) is 3.36. The van der Waals surface area contributed by atoms with Crippen molar-refractivity contribution in [2.75, 3.05) is 6.79 Å². The fraction of sp³-hybridized carbons (Fsp3) is 0.800. The lowest BCUT2D eigenvalue weighted by Crippen LogP contribution is -2.18. The summed E-state index contributed by atoms with van der Waals surface area (Å²) in [5.41, 5.74) is 1.59. The minimum atomic E-state index is 0.328. The summed E-state index contributed by atoms with van der Waals surface area (Å²) in [5, 5.41) is 0. The third kappa shape index (κ3) is 0.845. The van der Waals surface area contributed by atoms with Crippen molar-refractivity contribution in [2.24, 2.45) is 5.92 Å². The SMILES string of the molecule is C1CC2=C3OCOC3CCC2C1. The van der Waals surface area contributed by atoms with Crippen molar-refractivity contribution in [3.05, 3.63) is 11.3 Å². The maximum Gasteiger partial charge on any atom is 0.189 e. The predicted molar refractivity (Wildman–Crippen MR) is 44.4 cm³/mol. The van der Waals surface area contributed by atoms with Crippen molar-refractivity contribution < 1.29 is 9.47 Å². The first-order chi connectivity index (χ1) is 5.95. The van der Waals surface area contributed by atoms with Crippen LogP contribution in [0.25, 0.3) is 0 Å². The van der Waals surface area contributed by atoms with Gasteiger partial charge in [-0.1, -0.05) is 0 Å². The van der Waals surface area contributed by atoms with Crippen molar-refractivity contribution in [2.45, 2.75) is 38.2 Å². The van der Waals surface area contributed by atoms with Crippen molar-refractivity contribution in [1.29, 1.82) is 0 Å². The zero-order valence-electron chi connectivity index (χ0n) is 7.21. The van der Waals surface area contributed by atoms with E-state index in [1.807, 2.05) is 0 Å². The van der Waals surface area contributed by atoms with Crippen molar-refractivity contribution in [3.63, 3.8) is 0 Å². The molecule has 0 N–H and O–H groups in total. The normalized spacial score (nSPS) is 39.3. The molecule has 2 fully saturated rings. The number of hydrogen-bond donors (Lipinski definition) is 0. The second-order valence-corrected chi connectivity index (χ2v) is 3.97. The molecule has 0 aromatic heterocycles. The lowest BCUT2D eigenvalue weighted by molar-refractivity contribution is 0.0464. The van der Waals surface area contributed by atoms with Crippen molar-refractivity contribution in [3.8, 4) is 0 Å². The maximum atomic E-state index is 5.53. The molecule has 2 heteroatoms. The summed E-state index contributed by atoms with van der Waals surface area (Å²) in [6.45, 7) is 0.496. The van der Waals surface area contributed by atoms with Crippen LogP contribution < -0.4 is 0 Å². The van der Waals surface area contributed by atoms with Crippen molar-refractivity contribution in [1.82, 2.24) is 0 Å². The van der Waals surface area contributed by atoms with Crippen LogP contribution in [-0.2, 0) is 9.47 Å². The molecule has 0 bridgehead atoms. The van der Waals surface area contributed by atoms with E-state index in [0.717, 1.165) is 5.92 Å². The van der Waals surface area contributed by atoms with Crippen LogP contribution in [0.5, 0.6) is 0 Å². The summed E-state index contributed by atoms with van der Waals surface area (Å²) >= 11 is 0. The minimum absolute atomic E-state index is 0.328. The summed E-state index contributed by atoms with van der Waals surface area (Å²) in [4.78, 5) is 0. The van der Waals surface area contributed by atoms with Gasteiger partial charge < -0.3 is 9.47 Å². The van der Waals surface area contributed by atoms with E-state index in [1.54, 1.807) is 5.57 Å². The van der Waals surface area contributed by atoms with Gasteiger partial charge in [-0.15, -0.1) is 0 Å². The Balaban J connectivity index is 2.00. The number of hydrogen-bond acceptors (Lipinski definition) is 2. The molecule has 0 radical (unpaired) electrons. The second-order valence-electron chi connectivity index (χ2n) is 3.97. The first-order valence-electron chi connectivity index (χ1n) is 4.92. The topological polar surface area (TPSA) is 18.5 Å². The van der Waals surface area contributed by atoms with Gasteiger partial charge in [0, 0.05) is 0 Å². The molecule has 3 rings (SSSR count). The molecule has 2 unspecified atom stereocenters. The number of rotatable bonds is 0. The van der Waals surface area contributed by atoms with Crippen LogP contribution >= 0.6 is 0 Å². The Bertz CT molecular complexity index is 208. The van der Waals surface area contributed by atoms with Gasteiger partial charge in [0.1, 0.15) is 11.9 Å². The summed E-state index contributed by atoms with van der Waals surface area (Å²) in [6, 6.07) is 0. The average molecular weight is 166 g/mol. The molecule has 1 saturated carbocycles. The van der Waals surface area contributed by atoms with Crippen LogP contribution in [0.1, 0.15) is 32.1 Å². The molecule has 66 valence electrons. The first-order valence-corrected chi connectivity index (χ1v) is 4.92. The van der Waals surface area contributed by atoms with Gasteiger partial charge in [0.05, 0.1) is 0 Å². The standard InChI is InChI=1S/C10H14O2/c1-2-7-4-5-9-10(8(7)3-1)12-6-11-9/h7,9H,1-6H2. The smallest absolute Gasteiger partial charge is 0.189 e. The third-order valence-corrected chi connectivity index (χ3v) is 3.36. The molecule has 12 heavy (non-hydrogen) atoms. The first kappa shape index (κ1) is 6.96. The quantitative estimate of drug-likeness (QED) is 0.549. The van der Waals surface area contributed by atoms with E-state index in [1.165, 1.54) is 37.9 Å². The van der Waals surface area contributed by atoms with Gasteiger partial charge in [-0.25, -0.2) is 0 Å². The molecule has 1 aliphatic heterocycles. The monoisotopic (exact) mass is 166 g/mol. The minimum Gasteiger partial charge on any atom is -0.469 e. The largest absolute Gasteiger partial charge is 0.469 e. The number of allylic oxidation sites excluding steroid dienone is 1. The van der Waals surface area contributed by atoms with Gasteiger partial charge in [-0.3, -0.25) is 0 Å². The lowest BCUT2D eigenvalue weighted by atomic mass is 9.87. The van der Waals surface area contributed by atoms with E-state index in [0.29, 0.717) is 12.9 Å². The van der Waals surface area contributed by atoms with Crippen LogP contribution in [0.3, 0.4) is 0 Å². The maximum absolute atomic E-state index is 5.53. The van der Waals surface area contributed by atoms with Crippen molar-refractivity contribution >= 4 is 0 Å². The number of ether oxygens (including phenoxy) is 2. The van der Waals surface area contributed by atoms with E-state index in [9.17, 15) is 0 Å². The van der Waals surface area contributed by atoms with E-state index in [-0.39, 0.29) is 0 Å². The Morgan fingerprint density at radius 2 is 2.17 bits per heavy atom. The highest BCUT2D eigenvalue weighted by Gasteiger charge is 2.37. The molecule has 0 amide bonds. The fourth-order valence-corrected chi connectivity index (χ4v) is 2.77. The summed E-state index contributed by atoms with van der Waals surface area (Å²) in [6.07, 6.45) is 6.85. The summed E-state index contributed by atoms with van der Waals surface area (Å²) < 4.78 is 11.0. The lowest BCUT2D eigenvalue weighted by Gasteiger charge is -2.23. The molecule has 3 aliphatic rings. The Morgan fingerprint density at radius 3 is 3.17 bits per heavy atom. The summed E-state index contributed by atoms with van der Waals surface area (Å²) in [5.74, 6) is 2.06. The molecular formula is C10H14O2. The fourth-order valence-electron chi connectivity index (χ4n) is 2.77. The average Bonchev–Trinajstić information content (AvgIpc) is 2.71. The van der Waals surface area contributed by atoms with Gasteiger partial charge in [0.15, 0.2) is 6.79 Å². The van der Waals surface area contributed by atoms with Crippen LogP contribution in [0.2, 0.25) is 0 Å². The summed E-state index contributed by atoms with van der Waals surface area (Å²) in [7, 11) is 0. The Labute approximate surface area is 72.5 Å². The molecule has 1 heterocycles. The highest BCUT2D eigenvalue weighted by atomic mass is 16.7.